The van der Waals surface area contributed by atoms with Crippen LogP contribution in [0.15, 0.2) is 24.3 Å². The highest BCUT2D eigenvalue weighted by atomic mass is 16.5. The summed E-state index contributed by atoms with van der Waals surface area (Å²) in [5, 5.41) is 6.19. The molecule has 0 atom stereocenters. The van der Waals surface area contributed by atoms with Crippen molar-refractivity contribution in [1.82, 2.24) is 15.1 Å². The Morgan fingerprint density at radius 1 is 1.06 bits per heavy atom. The van der Waals surface area contributed by atoms with Crippen LogP contribution in [0.4, 0.5) is 5.69 Å². The summed E-state index contributed by atoms with van der Waals surface area (Å²) >= 11 is 0. The van der Waals surface area contributed by atoms with Gasteiger partial charge in [0.25, 0.3) is 0 Å². The predicted octanol–water partition coefficient (Wildman–Crippen LogP) is 2.80. The van der Waals surface area contributed by atoms with Gasteiger partial charge in [-0.05, 0) is 44.4 Å². The van der Waals surface area contributed by atoms with Crippen molar-refractivity contribution in [2.45, 2.75) is 57.9 Å². The Balaban J connectivity index is 1.53. The van der Waals surface area contributed by atoms with Crippen molar-refractivity contribution in [1.29, 1.82) is 0 Å². The molecule has 1 aliphatic carbocycles. The maximum atomic E-state index is 12.9. The fourth-order valence-electron chi connectivity index (χ4n) is 5.01. The molecule has 7 heteroatoms. The van der Waals surface area contributed by atoms with E-state index >= 15 is 0 Å². The zero-order valence-corrected chi connectivity index (χ0v) is 19.8. The number of morpholine rings is 1. The molecule has 32 heavy (non-hydrogen) atoms. The summed E-state index contributed by atoms with van der Waals surface area (Å²) in [5.41, 5.74) is 1.90. The van der Waals surface area contributed by atoms with E-state index in [0.717, 1.165) is 56.8 Å². The number of para-hydroxylation sites is 1. The van der Waals surface area contributed by atoms with Crippen LogP contribution in [0.2, 0.25) is 0 Å². The minimum Gasteiger partial charge on any atom is -0.379 e. The Morgan fingerprint density at radius 2 is 1.75 bits per heavy atom. The van der Waals surface area contributed by atoms with Crippen molar-refractivity contribution in [3.05, 3.63) is 29.8 Å². The number of ether oxygens (including phenoxy) is 1. The average Bonchev–Trinajstić information content (AvgIpc) is 2.80. The molecule has 7 nitrogen and oxygen atoms in total. The lowest BCUT2D eigenvalue weighted by molar-refractivity contribution is -0.124. The van der Waals surface area contributed by atoms with Gasteiger partial charge >= 0.3 is 0 Å². The standard InChI is InChI=1S/C25H40N4O3/c1-3-13-28(19-24(31)27-22-10-6-5-9-21(22)2)18-23(30)26-20-25(11-7-4-8-12-25)29-14-16-32-17-15-29/h5-6,9-10H,3-4,7-8,11-20H2,1-2H3,(H,26,30)(H,27,31). The summed E-state index contributed by atoms with van der Waals surface area (Å²) < 4.78 is 5.55. The minimum atomic E-state index is -0.0855. The van der Waals surface area contributed by atoms with E-state index in [4.69, 9.17) is 4.74 Å². The lowest BCUT2D eigenvalue weighted by atomic mass is 9.79. The largest absolute Gasteiger partial charge is 0.379 e. The number of benzene rings is 1. The van der Waals surface area contributed by atoms with E-state index in [-0.39, 0.29) is 30.4 Å². The average molecular weight is 445 g/mol. The molecule has 2 aliphatic rings. The van der Waals surface area contributed by atoms with Crippen molar-refractivity contribution < 1.29 is 14.3 Å². The molecule has 0 radical (unpaired) electrons. The molecule has 1 aliphatic heterocycles. The van der Waals surface area contributed by atoms with Gasteiger partial charge in [-0.2, -0.15) is 0 Å². The third kappa shape index (κ3) is 7.02. The smallest absolute Gasteiger partial charge is 0.238 e. The lowest BCUT2D eigenvalue weighted by Crippen LogP contribution is -2.60. The van der Waals surface area contributed by atoms with E-state index in [1.807, 2.05) is 36.1 Å². The predicted molar refractivity (Wildman–Crippen MR) is 128 cm³/mol. The van der Waals surface area contributed by atoms with Crippen LogP contribution < -0.4 is 10.6 Å². The van der Waals surface area contributed by atoms with E-state index in [2.05, 4.69) is 22.5 Å². The van der Waals surface area contributed by atoms with Gasteiger partial charge in [0, 0.05) is 30.9 Å². The Bertz CT molecular complexity index is 742. The second kappa shape index (κ2) is 12.3. The van der Waals surface area contributed by atoms with Gasteiger partial charge < -0.3 is 15.4 Å². The van der Waals surface area contributed by atoms with Crippen molar-refractivity contribution in [2.75, 3.05) is 57.8 Å². The fourth-order valence-corrected chi connectivity index (χ4v) is 5.01. The van der Waals surface area contributed by atoms with E-state index in [1.165, 1.54) is 19.3 Å². The number of rotatable bonds is 10. The quantitative estimate of drug-likeness (QED) is 0.581. The van der Waals surface area contributed by atoms with E-state index in [9.17, 15) is 9.59 Å². The van der Waals surface area contributed by atoms with Gasteiger partial charge in [0.05, 0.1) is 26.3 Å². The van der Waals surface area contributed by atoms with Crippen LogP contribution in [0.1, 0.15) is 51.0 Å². The van der Waals surface area contributed by atoms with Gasteiger partial charge in [-0.1, -0.05) is 44.4 Å². The number of carbonyl (C=O) groups is 2. The Hall–Kier alpha value is -1.96. The first-order chi connectivity index (χ1) is 15.5. The second-order valence-electron chi connectivity index (χ2n) is 9.23. The van der Waals surface area contributed by atoms with Crippen LogP contribution in [0.5, 0.6) is 0 Å². The summed E-state index contributed by atoms with van der Waals surface area (Å²) in [6.45, 7) is 9.32. The summed E-state index contributed by atoms with van der Waals surface area (Å²) in [5.74, 6) is -0.0852. The Kier molecular flexibility index (Phi) is 9.51. The van der Waals surface area contributed by atoms with Gasteiger partial charge in [0.2, 0.25) is 11.8 Å². The van der Waals surface area contributed by atoms with Crippen LogP contribution in [-0.2, 0) is 14.3 Å². The molecule has 2 amide bonds. The van der Waals surface area contributed by atoms with Gasteiger partial charge in [0.1, 0.15) is 0 Å². The summed E-state index contributed by atoms with van der Waals surface area (Å²) in [4.78, 5) is 29.9. The summed E-state index contributed by atoms with van der Waals surface area (Å²) in [6, 6.07) is 7.74. The van der Waals surface area contributed by atoms with E-state index in [1.54, 1.807) is 0 Å². The molecule has 2 fully saturated rings. The lowest BCUT2D eigenvalue weighted by Gasteiger charge is -2.48. The molecule has 1 aromatic rings. The van der Waals surface area contributed by atoms with Crippen LogP contribution in [0, 0.1) is 6.92 Å². The topological polar surface area (TPSA) is 73.9 Å². The van der Waals surface area contributed by atoms with Crippen molar-refractivity contribution in [3.63, 3.8) is 0 Å². The minimum absolute atomic E-state index is 0.000324. The maximum Gasteiger partial charge on any atom is 0.238 e. The molecule has 0 bridgehead atoms. The Labute approximate surface area is 192 Å². The van der Waals surface area contributed by atoms with Gasteiger partial charge in [-0.3, -0.25) is 19.4 Å². The molecule has 3 rings (SSSR count). The van der Waals surface area contributed by atoms with Gasteiger partial charge in [0.15, 0.2) is 0 Å². The van der Waals surface area contributed by atoms with E-state index < -0.39 is 0 Å². The number of aryl methyl sites for hydroxylation is 1. The zero-order valence-electron chi connectivity index (χ0n) is 19.8. The normalized spacial score (nSPS) is 19.0. The molecule has 1 aromatic carbocycles. The first-order valence-electron chi connectivity index (χ1n) is 12.2. The highest BCUT2D eigenvalue weighted by Gasteiger charge is 2.38. The third-order valence-electron chi connectivity index (χ3n) is 6.77. The van der Waals surface area contributed by atoms with Crippen LogP contribution in [-0.4, -0.2) is 79.6 Å². The molecule has 1 saturated carbocycles. The summed E-state index contributed by atoms with van der Waals surface area (Å²) in [7, 11) is 0. The van der Waals surface area contributed by atoms with Crippen molar-refractivity contribution in [2.24, 2.45) is 0 Å². The summed E-state index contributed by atoms with van der Waals surface area (Å²) in [6.07, 6.45) is 6.86. The molecule has 2 N–H and O–H groups in total. The molecule has 178 valence electrons. The number of amides is 2. The van der Waals surface area contributed by atoms with E-state index in [0.29, 0.717) is 13.1 Å². The van der Waals surface area contributed by atoms with Gasteiger partial charge in [-0.25, -0.2) is 0 Å². The molecular weight excluding hydrogens is 404 g/mol. The molecule has 1 saturated heterocycles. The highest BCUT2D eigenvalue weighted by molar-refractivity contribution is 5.93. The monoisotopic (exact) mass is 444 g/mol. The van der Waals surface area contributed by atoms with Crippen molar-refractivity contribution >= 4 is 17.5 Å². The highest BCUT2D eigenvalue weighted by Crippen LogP contribution is 2.33. The molecule has 0 spiro atoms. The first-order valence-corrected chi connectivity index (χ1v) is 12.2. The first kappa shape index (κ1) is 24.7. The van der Waals surface area contributed by atoms with Crippen molar-refractivity contribution in [3.8, 4) is 0 Å². The SMILES string of the molecule is CCCN(CC(=O)NCC1(N2CCOCC2)CCCCC1)CC(=O)Nc1ccccc1C. The number of hydrogen-bond donors (Lipinski definition) is 2. The second-order valence-corrected chi connectivity index (χ2v) is 9.23. The number of hydrogen-bond acceptors (Lipinski definition) is 5. The molecule has 0 aromatic heterocycles. The van der Waals surface area contributed by atoms with Crippen LogP contribution >= 0.6 is 0 Å². The zero-order chi connectivity index (χ0) is 22.8. The Morgan fingerprint density at radius 3 is 2.44 bits per heavy atom. The molecule has 0 unspecified atom stereocenters. The van der Waals surface area contributed by atoms with Crippen LogP contribution in [0.3, 0.4) is 0 Å². The fraction of sp³-hybridized carbons (Fsp3) is 0.680. The third-order valence-corrected chi connectivity index (χ3v) is 6.77. The number of nitrogens with zero attached hydrogens (tertiary/aromatic N) is 2. The number of carbonyl (C=O) groups excluding carboxylic acids is 2. The molecular formula is C25H40N4O3. The number of anilines is 1. The van der Waals surface area contributed by atoms with Gasteiger partial charge in [-0.15, -0.1) is 0 Å². The molecule has 1 heterocycles. The number of nitrogens with one attached hydrogen (secondary N) is 2. The van der Waals surface area contributed by atoms with Crippen LogP contribution in [0.25, 0.3) is 0 Å². The maximum absolute atomic E-state index is 12.9.